The first-order valence-electron chi connectivity index (χ1n) is 16.8. The molecule has 226 valence electrons. The van der Waals surface area contributed by atoms with Gasteiger partial charge >= 0.3 is 0 Å². The SMILES string of the molecule is c1cc(-c2ccc3c4c(cccc24)-c2ccccc2-3)cc(-n2c3ccccc3c3c4c5ccccc5oc4c4oc5ccccc5c4c32)c1. The van der Waals surface area contributed by atoms with Gasteiger partial charge in [0, 0.05) is 32.6 Å². The van der Waals surface area contributed by atoms with Crippen LogP contribution in [0.2, 0.25) is 0 Å². The summed E-state index contributed by atoms with van der Waals surface area (Å²) < 4.78 is 15.7. The van der Waals surface area contributed by atoms with Crippen LogP contribution in [-0.2, 0) is 0 Å². The van der Waals surface area contributed by atoms with Crippen molar-refractivity contribution < 1.29 is 8.83 Å². The molecule has 3 aromatic heterocycles. The van der Waals surface area contributed by atoms with Gasteiger partial charge in [-0.25, -0.2) is 0 Å². The lowest BCUT2D eigenvalue weighted by Gasteiger charge is -2.13. The van der Waals surface area contributed by atoms with Gasteiger partial charge in [0.1, 0.15) is 11.2 Å². The molecule has 0 unspecified atom stereocenters. The highest BCUT2D eigenvalue weighted by Gasteiger charge is 2.27. The van der Waals surface area contributed by atoms with E-state index in [9.17, 15) is 0 Å². The van der Waals surface area contributed by atoms with Crippen molar-refractivity contribution in [3.63, 3.8) is 0 Å². The number of aromatic nitrogens is 1. The van der Waals surface area contributed by atoms with Gasteiger partial charge in [-0.05, 0) is 74.5 Å². The van der Waals surface area contributed by atoms with Crippen LogP contribution in [0.25, 0.3) is 116 Å². The Balaban J connectivity index is 1.22. The second-order valence-corrected chi connectivity index (χ2v) is 13.2. The fraction of sp³-hybridized carbons (Fsp3) is 0. The topological polar surface area (TPSA) is 31.2 Å². The summed E-state index contributed by atoms with van der Waals surface area (Å²) in [6.07, 6.45) is 0. The van der Waals surface area contributed by atoms with Gasteiger partial charge in [-0.1, -0.05) is 121 Å². The third-order valence-electron chi connectivity index (χ3n) is 10.7. The number of para-hydroxylation sites is 3. The van der Waals surface area contributed by atoms with Gasteiger partial charge < -0.3 is 13.4 Å². The average Bonchev–Trinajstić information content (AvgIpc) is 3.91. The summed E-state index contributed by atoms with van der Waals surface area (Å²) in [4.78, 5) is 0. The predicted octanol–water partition coefficient (Wildman–Crippen LogP) is 13.1. The normalized spacial score (nSPS) is 12.5. The molecule has 3 heteroatoms. The number of furan rings is 2. The standard InChI is InChI=1S/C46H25NO2/c1-2-14-30-29(13-1)32-19-10-18-31-28(23-24-33(30)40(31)32)26-11-9-12-27(25-26)47-37-20-6-3-15-34(37)41-42-35-16-4-7-21-38(35)48-45(42)46-43(44(41)47)36-17-5-8-22-39(36)49-46/h1-25H. The lowest BCUT2D eigenvalue weighted by Crippen LogP contribution is -1.95. The molecule has 49 heavy (non-hydrogen) atoms. The van der Waals surface area contributed by atoms with Gasteiger partial charge in [0.15, 0.2) is 11.2 Å². The molecule has 0 aliphatic heterocycles. The second kappa shape index (κ2) is 9.06. The number of fused-ring (bicyclic) bond motifs is 15. The Bertz CT molecular complexity index is 3190. The minimum absolute atomic E-state index is 0.784. The van der Waals surface area contributed by atoms with Crippen LogP contribution in [0.5, 0.6) is 0 Å². The van der Waals surface area contributed by atoms with Gasteiger partial charge in [-0.3, -0.25) is 0 Å². The molecule has 12 rings (SSSR count). The van der Waals surface area contributed by atoms with Gasteiger partial charge in [0.05, 0.1) is 16.4 Å². The van der Waals surface area contributed by atoms with Crippen LogP contribution in [0.3, 0.4) is 0 Å². The van der Waals surface area contributed by atoms with Crippen molar-refractivity contribution in [1.29, 1.82) is 0 Å². The van der Waals surface area contributed by atoms with Crippen LogP contribution >= 0.6 is 0 Å². The van der Waals surface area contributed by atoms with Crippen molar-refractivity contribution in [2.75, 3.05) is 0 Å². The number of benzene rings is 8. The number of hydrogen-bond acceptors (Lipinski definition) is 2. The molecule has 0 fully saturated rings. The van der Waals surface area contributed by atoms with E-state index in [0.29, 0.717) is 0 Å². The first kappa shape index (κ1) is 25.5. The summed E-state index contributed by atoms with van der Waals surface area (Å²) in [7, 11) is 0. The van der Waals surface area contributed by atoms with E-state index < -0.39 is 0 Å². The van der Waals surface area contributed by atoms with E-state index in [4.69, 9.17) is 8.83 Å². The molecule has 3 heterocycles. The molecule has 0 bridgehead atoms. The van der Waals surface area contributed by atoms with Crippen LogP contribution in [-0.4, -0.2) is 4.57 Å². The summed E-state index contributed by atoms with van der Waals surface area (Å²) in [5.41, 5.74) is 14.4. The molecular weight excluding hydrogens is 599 g/mol. The largest absolute Gasteiger partial charge is 0.452 e. The van der Waals surface area contributed by atoms with E-state index >= 15 is 0 Å². The Hall–Kier alpha value is -6.58. The number of rotatable bonds is 2. The molecule has 0 amide bonds. The predicted molar refractivity (Wildman–Crippen MR) is 203 cm³/mol. The molecule has 1 aliphatic carbocycles. The zero-order valence-corrected chi connectivity index (χ0v) is 26.2. The zero-order valence-electron chi connectivity index (χ0n) is 26.2. The lowest BCUT2D eigenvalue weighted by atomic mass is 9.94. The highest BCUT2D eigenvalue weighted by molar-refractivity contribution is 6.38. The average molecular weight is 624 g/mol. The van der Waals surface area contributed by atoms with E-state index in [1.54, 1.807) is 0 Å². The van der Waals surface area contributed by atoms with Gasteiger partial charge in [0.25, 0.3) is 0 Å². The van der Waals surface area contributed by atoms with E-state index in [1.165, 1.54) is 54.9 Å². The van der Waals surface area contributed by atoms with Gasteiger partial charge in [0.2, 0.25) is 0 Å². The molecule has 0 saturated heterocycles. The second-order valence-electron chi connectivity index (χ2n) is 13.2. The van der Waals surface area contributed by atoms with Crippen molar-refractivity contribution >= 4 is 76.5 Å². The maximum atomic E-state index is 6.68. The van der Waals surface area contributed by atoms with Crippen LogP contribution in [0.4, 0.5) is 0 Å². The fourth-order valence-electron chi connectivity index (χ4n) is 8.76. The molecule has 0 atom stereocenters. The van der Waals surface area contributed by atoms with E-state index in [0.717, 1.165) is 60.6 Å². The first-order valence-corrected chi connectivity index (χ1v) is 16.8. The summed E-state index contributed by atoms with van der Waals surface area (Å²) in [5.74, 6) is 0. The minimum atomic E-state index is 0.784. The molecular formula is C46H25NO2. The smallest absolute Gasteiger partial charge is 0.180 e. The number of nitrogens with zero attached hydrogens (tertiary/aromatic N) is 1. The Kier molecular flexibility index (Phi) is 4.72. The molecule has 0 saturated carbocycles. The maximum absolute atomic E-state index is 6.68. The molecule has 8 aromatic carbocycles. The van der Waals surface area contributed by atoms with Crippen molar-refractivity contribution in [3.05, 3.63) is 152 Å². The Morgan fingerprint density at radius 1 is 0.367 bits per heavy atom. The van der Waals surface area contributed by atoms with E-state index in [2.05, 4.69) is 144 Å². The lowest BCUT2D eigenvalue weighted by molar-refractivity contribution is 0.633. The van der Waals surface area contributed by atoms with Crippen molar-refractivity contribution in [1.82, 2.24) is 4.57 Å². The Morgan fingerprint density at radius 2 is 0.939 bits per heavy atom. The summed E-state index contributed by atoms with van der Waals surface area (Å²) in [6, 6.07) is 54.6. The fourth-order valence-corrected chi connectivity index (χ4v) is 8.76. The molecule has 3 nitrogen and oxygen atoms in total. The third kappa shape index (κ3) is 3.17. The quantitative estimate of drug-likeness (QED) is 0.192. The van der Waals surface area contributed by atoms with Crippen LogP contribution in [0, 0.1) is 0 Å². The van der Waals surface area contributed by atoms with Crippen molar-refractivity contribution in [2.45, 2.75) is 0 Å². The summed E-state index contributed by atoms with van der Waals surface area (Å²) >= 11 is 0. The van der Waals surface area contributed by atoms with Gasteiger partial charge in [-0.15, -0.1) is 0 Å². The van der Waals surface area contributed by atoms with Crippen LogP contribution in [0.1, 0.15) is 0 Å². The monoisotopic (exact) mass is 623 g/mol. The van der Waals surface area contributed by atoms with Crippen molar-refractivity contribution in [2.24, 2.45) is 0 Å². The molecule has 11 aromatic rings. The highest BCUT2D eigenvalue weighted by Crippen LogP contribution is 2.51. The van der Waals surface area contributed by atoms with Crippen molar-refractivity contribution in [3.8, 4) is 39.1 Å². The summed E-state index contributed by atoms with van der Waals surface area (Å²) in [5, 5.41) is 9.33. The molecule has 1 aliphatic rings. The zero-order chi connectivity index (χ0) is 31.8. The Morgan fingerprint density at radius 3 is 1.73 bits per heavy atom. The molecule has 0 spiro atoms. The van der Waals surface area contributed by atoms with E-state index in [-0.39, 0.29) is 0 Å². The molecule has 0 radical (unpaired) electrons. The minimum Gasteiger partial charge on any atom is -0.452 e. The highest BCUT2D eigenvalue weighted by atomic mass is 16.4. The van der Waals surface area contributed by atoms with E-state index in [1.807, 2.05) is 12.1 Å². The maximum Gasteiger partial charge on any atom is 0.180 e. The third-order valence-corrected chi connectivity index (χ3v) is 10.7. The van der Waals surface area contributed by atoms with Crippen LogP contribution < -0.4 is 0 Å². The number of hydrogen-bond donors (Lipinski definition) is 0. The van der Waals surface area contributed by atoms with Crippen LogP contribution in [0.15, 0.2) is 160 Å². The van der Waals surface area contributed by atoms with Gasteiger partial charge in [-0.2, -0.15) is 0 Å². The first-order chi connectivity index (χ1) is 24.3. The summed E-state index contributed by atoms with van der Waals surface area (Å²) in [6.45, 7) is 0. The molecule has 0 N–H and O–H groups in total. The Labute approximate surface area is 279 Å².